The number of nitrogens with one attached hydrogen (secondary N) is 1. The molecule has 3 aromatic rings. The zero-order valence-corrected chi connectivity index (χ0v) is 18.7. The van der Waals surface area contributed by atoms with Gasteiger partial charge in [0.05, 0.1) is 5.75 Å². The fourth-order valence-corrected chi connectivity index (χ4v) is 5.43. The minimum atomic E-state index is -0.101. The normalized spacial score (nSPS) is 16.9. The molecule has 0 aliphatic carbocycles. The molecule has 1 fully saturated rings. The van der Waals surface area contributed by atoms with Gasteiger partial charge in [0.1, 0.15) is 16.1 Å². The van der Waals surface area contributed by atoms with Crippen molar-refractivity contribution in [3.8, 4) is 0 Å². The van der Waals surface area contributed by atoms with Crippen molar-refractivity contribution in [1.29, 1.82) is 0 Å². The quantitative estimate of drug-likeness (QED) is 0.437. The maximum atomic E-state index is 12.4. The van der Waals surface area contributed by atoms with Crippen LogP contribution < -0.4 is 10.2 Å². The second-order valence-electron chi connectivity index (χ2n) is 7.32. The summed E-state index contributed by atoms with van der Waals surface area (Å²) in [6.07, 6.45) is 3.97. The van der Waals surface area contributed by atoms with E-state index in [-0.39, 0.29) is 11.7 Å². The molecule has 2 aromatic heterocycles. The Kier molecular flexibility index (Phi) is 6.22. The van der Waals surface area contributed by atoms with Gasteiger partial charge in [0, 0.05) is 23.8 Å². The first-order chi connectivity index (χ1) is 14.0. The number of benzene rings is 1. The second-order valence-corrected chi connectivity index (χ2v) is 9.67. The number of aryl methyl sites for hydroxylation is 1. The number of fused-ring (bicyclic) bond motifs is 1. The van der Waals surface area contributed by atoms with Crippen molar-refractivity contribution in [3.05, 3.63) is 35.1 Å². The highest BCUT2D eigenvalue weighted by molar-refractivity contribution is 8.00. The number of halogens is 1. The smallest absolute Gasteiger partial charge is 0.234 e. The Morgan fingerprint density at radius 1 is 1.41 bits per heavy atom. The predicted octanol–water partition coefficient (Wildman–Crippen LogP) is 5.02. The summed E-state index contributed by atoms with van der Waals surface area (Å²) in [6, 6.07) is 5.50. The summed E-state index contributed by atoms with van der Waals surface area (Å²) < 4.78 is 0.942. The van der Waals surface area contributed by atoms with E-state index in [0.29, 0.717) is 22.3 Å². The lowest BCUT2D eigenvalue weighted by molar-refractivity contribution is -0.113. The summed E-state index contributed by atoms with van der Waals surface area (Å²) in [5.74, 6) is 0.830. The number of anilines is 2. The molecule has 1 N–H and O–H groups in total. The van der Waals surface area contributed by atoms with E-state index >= 15 is 0 Å². The molecule has 29 heavy (non-hydrogen) atoms. The van der Waals surface area contributed by atoms with Crippen LogP contribution in [0.4, 0.5) is 10.8 Å². The summed E-state index contributed by atoms with van der Waals surface area (Å²) in [7, 11) is 0. The minimum absolute atomic E-state index is 0.101. The van der Waals surface area contributed by atoms with Gasteiger partial charge in [-0.25, -0.2) is 9.97 Å². The highest BCUT2D eigenvalue weighted by Crippen LogP contribution is 2.35. The van der Waals surface area contributed by atoms with Crippen LogP contribution in [0, 0.1) is 12.8 Å². The van der Waals surface area contributed by atoms with Gasteiger partial charge in [-0.2, -0.15) is 4.98 Å². The fourth-order valence-electron chi connectivity index (χ4n) is 3.33. The van der Waals surface area contributed by atoms with Gasteiger partial charge in [0.2, 0.25) is 5.91 Å². The molecule has 1 aliphatic rings. The van der Waals surface area contributed by atoms with Crippen molar-refractivity contribution in [1.82, 2.24) is 15.0 Å². The minimum Gasteiger partial charge on any atom is -0.348 e. The van der Waals surface area contributed by atoms with Crippen molar-refractivity contribution in [2.45, 2.75) is 31.7 Å². The number of thioether (sulfide) groups is 1. The molecule has 9 heteroatoms. The van der Waals surface area contributed by atoms with Crippen LogP contribution >= 0.6 is 34.7 Å². The van der Waals surface area contributed by atoms with Gasteiger partial charge < -0.3 is 10.2 Å². The molecule has 1 aromatic carbocycles. The van der Waals surface area contributed by atoms with Crippen molar-refractivity contribution in [2.24, 2.45) is 5.92 Å². The number of aromatic nitrogens is 3. The Morgan fingerprint density at radius 3 is 3.07 bits per heavy atom. The Bertz CT molecular complexity index is 1040. The average molecular weight is 448 g/mol. The summed E-state index contributed by atoms with van der Waals surface area (Å²) >= 11 is 9.14. The van der Waals surface area contributed by atoms with Crippen molar-refractivity contribution in [3.63, 3.8) is 0 Å². The lowest BCUT2D eigenvalue weighted by Crippen LogP contribution is -2.34. The molecule has 4 rings (SSSR count). The van der Waals surface area contributed by atoms with Crippen molar-refractivity contribution >= 4 is 61.8 Å². The van der Waals surface area contributed by atoms with Crippen LogP contribution in [0.5, 0.6) is 0 Å². The maximum Gasteiger partial charge on any atom is 0.234 e. The molecule has 1 saturated heterocycles. The molecular formula is C20H22ClN5OS2. The summed E-state index contributed by atoms with van der Waals surface area (Å²) in [5.41, 5.74) is 2.37. The highest BCUT2D eigenvalue weighted by Gasteiger charge is 2.21. The van der Waals surface area contributed by atoms with Gasteiger partial charge in [-0.3, -0.25) is 4.79 Å². The molecule has 0 bridgehead atoms. The topological polar surface area (TPSA) is 71.0 Å². The van der Waals surface area contributed by atoms with Crippen LogP contribution in [0.25, 0.3) is 10.3 Å². The van der Waals surface area contributed by atoms with E-state index in [0.717, 1.165) is 33.5 Å². The first kappa shape index (κ1) is 20.4. The van der Waals surface area contributed by atoms with Crippen LogP contribution in [0.15, 0.2) is 29.6 Å². The van der Waals surface area contributed by atoms with E-state index in [1.807, 2.05) is 19.1 Å². The highest BCUT2D eigenvalue weighted by atomic mass is 35.5. The monoisotopic (exact) mass is 447 g/mol. The molecule has 0 saturated carbocycles. The molecule has 1 unspecified atom stereocenters. The third-order valence-electron chi connectivity index (χ3n) is 4.87. The van der Waals surface area contributed by atoms with E-state index in [9.17, 15) is 4.79 Å². The third kappa shape index (κ3) is 4.82. The molecule has 3 heterocycles. The maximum absolute atomic E-state index is 12.4. The number of hydrogen-bond acceptors (Lipinski definition) is 7. The van der Waals surface area contributed by atoms with Crippen LogP contribution in [0.1, 0.15) is 25.3 Å². The van der Waals surface area contributed by atoms with Crippen LogP contribution in [0.3, 0.4) is 0 Å². The molecule has 6 nitrogen and oxygen atoms in total. The van der Waals surface area contributed by atoms with E-state index in [1.54, 1.807) is 17.4 Å². The standard InChI is InChI=1S/C20H22ClN5OS2/c1-12-4-3-7-26(9-12)20-25-18-17(29-20)19(23-11-22-18)28-10-16(27)24-14-6-5-13(2)15(21)8-14/h5-6,8,11-12H,3-4,7,9-10H2,1-2H3,(H,24,27). The van der Waals surface area contributed by atoms with Crippen LogP contribution in [0.2, 0.25) is 5.02 Å². The van der Waals surface area contributed by atoms with Crippen LogP contribution in [-0.2, 0) is 4.79 Å². The Balaban J connectivity index is 1.44. The molecule has 0 spiro atoms. The number of amides is 1. The number of rotatable bonds is 5. The van der Waals surface area contributed by atoms with Gasteiger partial charge in [0.15, 0.2) is 10.8 Å². The van der Waals surface area contributed by atoms with Crippen molar-refractivity contribution in [2.75, 3.05) is 29.1 Å². The van der Waals surface area contributed by atoms with Gasteiger partial charge in [-0.05, 0) is 43.4 Å². The van der Waals surface area contributed by atoms with E-state index in [4.69, 9.17) is 16.6 Å². The van der Waals surface area contributed by atoms with E-state index < -0.39 is 0 Å². The average Bonchev–Trinajstić information content (AvgIpc) is 3.14. The van der Waals surface area contributed by atoms with Gasteiger partial charge in [-0.15, -0.1) is 0 Å². The summed E-state index contributed by atoms with van der Waals surface area (Å²) in [5, 5.41) is 5.30. The Morgan fingerprint density at radius 2 is 2.28 bits per heavy atom. The number of piperidine rings is 1. The lowest BCUT2D eigenvalue weighted by atomic mass is 10.0. The Hall–Kier alpha value is -1.90. The molecule has 1 aliphatic heterocycles. The number of carbonyl (C=O) groups is 1. The number of thiazole rings is 1. The van der Waals surface area contributed by atoms with E-state index in [2.05, 4.69) is 27.1 Å². The lowest BCUT2D eigenvalue weighted by Gasteiger charge is -2.30. The zero-order valence-electron chi connectivity index (χ0n) is 16.3. The largest absolute Gasteiger partial charge is 0.348 e. The Labute approximate surface area is 183 Å². The molecule has 152 valence electrons. The first-order valence-corrected chi connectivity index (χ1v) is 11.7. The van der Waals surface area contributed by atoms with Gasteiger partial charge in [-0.1, -0.05) is 47.7 Å². The predicted molar refractivity (Wildman–Crippen MR) is 121 cm³/mol. The third-order valence-corrected chi connectivity index (χ3v) is 7.51. The number of carbonyl (C=O) groups excluding carboxylic acids is 1. The van der Waals surface area contributed by atoms with Gasteiger partial charge in [0.25, 0.3) is 0 Å². The number of nitrogens with zero attached hydrogens (tertiary/aromatic N) is 4. The fraction of sp³-hybridized carbons (Fsp3) is 0.400. The SMILES string of the molecule is Cc1ccc(NC(=O)CSc2ncnc3nc(N4CCCC(C)C4)sc23)cc1Cl. The second kappa shape index (κ2) is 8.85. The summed E-state index contributed by atoms with van der Waals surface area (Å²) in [4.78, 5) is 28.1. The molecular weight excluding hydrogens is 426 g/mol. The molecule has 1 atom stereocenters. The molecule has 0 radical (unpaired) electrons. The van der Waals surface area contributed by atoms with Gasteiger partial charge >= 0.3 is 0 Å². The molecule has 1 amide bonds. The van der Waals surface area contributed by atoms with Crippen LogP contribution in [-0.4, -0.2) is 39.7 Å². The zero-order chi connectivity index (χ0) is 20.4. The summed E-state index contributed by atoms with van der Waals surface area (Å²) in [6.45, 7) is 6.26. The van der Waals surface area contributed by atoms with E-state index in [1.165, 1.54) is 30.9 Å². The van der Waals surface area contributed by atoms with Crippen molar-refractivity contribution < 1.29 is 4.79 Å². The number of hydrogen-bond donors (Lipinski definition) is 1. The first-order valence-electron chi connectivity index (χ1n) is 9.55.